The van der Waals surface area contributed by atoms with Gasteiger partial charge in [-0.1, -0.05) is 12.1 Å². The molecule has 3 aromatic rings. The minimum absolute atomic E-state index is 0.141. The Morgan fingerprint density at radius 3 is 2.52 bits per heavy atom. The molecule has 9 heteroatoms. The maximum absolute atomic E-state index is 12.7. The van der Waals surface area contributed by atoms with E-state index in [1.54, 1.807) is 6.92 Å². The molecule has 2 aromatic carbocycles. The van der Waals surface area contributed by atoms with Gasteiger partial charge in [0.2, 0.25) is 5.89 Å². The number of hydrogen-bond acceptors (Lipinski definition) is 5. The molecule has 0 spiro atoms. The number of benzene rings is 2. The molecule has 0 saturated carbocycles. The van der Waals surface area contributed by atoms with Crippen LogP contribution in [0.2, 0.25) is 0 Å². The Labute approximate surface area is 188 Å². The Hall–Kier alpha value is -3.33. The summed E-state index contributed by atoms with van der Waals surface area (Å²) in [5.41, 5.74) is 1.26. The number of oxazole rings is 1. The number of carbonyl (C=O) groups is 1. The molecule has 1 aliphatic heterocycles. The van der Waals surface area contributed by atoms with Crippen LogP contribution in [-0.2, 0) is 24.1 Å². The number of ether oxygens (including phenoxy) is 1. The first-order valence-electron chi connectivity index (χ1n) is 10.5. The molecule has 1 saturated heterocycles. The number of aryl methyl sites for hydroxylation is 1. The van der Waals surface area contributed by atoms with E-state index in [0.29, 0.717) is 35.7 Å². The van der Waals surface area contributed by atoms with Crippen LogP contribution < -0.4 is 4.74 Å². The molecule has 0 unspecified atom stereocenters. The highest BCUT2D eigenvalue weighted by molar-refractivity contribution is 5.73. The van der Waals surface area contributed by atoms with Gasteiger partial charge in [0.25, 0.3) is 0 Å². The van der Waals surface area contributed by atoms with Crippen LogP contribution in [0.1, 0.15) is 35.4 Å². The second-order valence-electron chi connectivity index (χ2n) is 8.00. The summed E-state index contributed by atoms with van der Waals surface area (Å²) < 4.78 is 49.6. The van der Waals surface area contributed by atoms with E-state index in [1.165, 1.54) is 12.1 Å². The zero-order chi connectivity index (χ0) is 23.6. The van der Waals surface area contributed by atoms with Crippen LogP contribution in [0.25, 0.3) is 11.5 Å². The van der Waals surface area contributed by atoms with Crippen molar-refractivity contribution in [3.63, 3.8) is 0 Å². The second-order valence-corrected chi connectivity index (χ2v) is 8.00. The SMILES string of the molecule is Cc1oc(-c2ccc(C(F)(F)F)cc2)nc1COc1ccc(CN2CCC[C@@H]2C(=O)O)cc1. The van der Waals surface area contributed by atoms with Gasteiger partial charge in [-0.05, 0) is 68.3 Å². The van der Waals surface area contributed by atoms with Crippen molar-refractivity contribution in [2.24, 2.45) is 0 Å². The third kappa shape index (κ3) is 5.36. The number of aliphatic carboxylic acids is 1. The third-order valence-corrected chi connectivity index (χ3v) is 5.69. The zero-order valence-electron chi connectivity index (χ0n) is 17.9. The normalized spacial score (nSPS) is 16.8. The number of nitrogens with zero attached hydrogens (tertiary/aromatic N) is 2. The summed E-state index contributed by atoms with van der Waals surface area (Å²) in [5, 5.41) is 9.30. The minimum Gasteiger partial charge on any atom is -0.487 e. The topological polar surface area (TPSA) is 75.8 Å². The first-order valence-corrected chi connectivity index (χ1v) is 10.5. The molecule has 1 fully saturated rings. The summed E-state index contributed by atoms with van der Waals surface area (Å²) in [4.78, 5) is 17.7. The maximum atomic E-state index is 12.7. The molecule has 0 aliphatic carbocycles. The van der Waals surface area contributed by atoms with Crippen molar-refractivity contribution in [2.75, 3.05) is 6.54 Å². The molecule has 1 aromatic heterocycles. The number of halogens is 3. The number of carboxylic acids is 1. The van der Waals surface area contributed by atoms with Crippen molar-refractivity contribution in [3.05, 3.63) is 71.1 Å². The van der Waals surface area contributed by atoms with Gasteiger partial charge in [-0.15, -0.1) is 0 Å². The van der Waals surface area contributed by atoms with Gasteiger partial charge in [0.15, 0.2) is 0 Å². The van der Waals surface area contributed by atoms with Crippen LogP contribution in [0.4, 0.5) is 13.2 Å². The first-order chi connectivity index (χ1) is 15.7. The van der Waals surface area contributed by atoms with E-state index in [-0.39, 0.29) is 12.5 Å². The molecule has 174 valence electrons. The number of alkyl halides is 3. The number of likely N-dealkylation sites (tertiary alicyclic amines) is 1. The van der Waals surface area contributed by atoms with Crippen LogP contribution in [-0.4, -0.2) is 33.5 Å². The average molecular weight is 460 g/mol. The van der Waals surface area contributed by atoms with Gasteiger partial charge in [0.1, 0.15) is 29.9 Å². The standard InChI is InChI=1S/C24H23F3N2O4/c1-15-20(28-22(33-15)17-6-8-18(9-7-17)24(25,26)27)14-32-19-10-4-16(5-11-19)13-29-12-2-3-21(29)23(30)31/h4-11,21H,2-3,12-14H2,1H3,(H,30,31)/t21-/m1/s1. The summed E-state index contributed by atoms with van der Waals surface area (Å²) in [5.74, 6) is 0.587. The van der Waals surface area contributed by atoms with Crippen molar-refractivity contribution in [3.8, 4) is 17.2 Å². The van der Waals surface area contributed by atoms with Crippen LogP contribution >= 0.6 is 0 Å². The van der Waals surface area contributed by atoms with Crippen LogP contribution in [0.5, 0.6) is 5.75 Å². The number of hydrogen-bond donors (Lipinski definition) is 1. The second kappa shape index (κ2) is 9.27. The molecule has 33 heavy (non-hydrogen) atoms. The van der Waals surface area contributed by atoms with E-state index in [1.807, 2.05) is 29.2 Å². The molecule has 6 nitrogen and oxygen atoms in total. The van der Waals surface area contributed by atoms with Gasteiger partial charge >= 0.3 is 12.1 Å². The summed E-state index contributed by atoms with van der Waals surface area (Å²) in [6.45, 7) is 3.19. The van der Waals surface area contributed by atoms with Gasteiger partial charge in [0, 0.05) is 12.1 Å². The first kappa shape index (κ1) is 22.8. The predicted octanol–water partition coefficient (Wildman–Crippen LogP) is 5.30. The zero-order valence-corrected chi connectivity index (χ0v) is 17.9. The highest BCUT2D eigenvalue weighted by Gasteiger charge is 2.31. The van der Waals surface area contributed by atoms with Crippen molar-refractivity contribution < 1.29 is 32.2 Å². The van der Waals surface area contributed by atoms with Crippen molar-refractivity contribution in [1.82, 2.24) is 9.88 Å². The summed E-state index contributed by atoms with van der Waals surface area (Å²) in [7, 11) is 0. The molecule has 0 bridgehead atoms. The van der Waals surface area contributed by atoms with Gasteiger partial charge in [-0.2, -0.15) is 13.2 Å². The number of rotatable bonds is 7. The fraction of sp³-hybridized carbons (Fsp3) is 0.333. The Morgan fingerprint density at radius 1 is 1.18 bits per heavy atom. The number of aromatic nitrogens is 1. The molecule has 0 amide bonds. The summed E-state index contributed by atoms with van der Waals surface area (Å²) in [6, 6.07) is 11.6. The molecular weight excluding hydrogens is 437 g/mol. The van der Waals surface area contributed by atoms with Gasteiger partial charge < -0.3 is 14.3 Å². The lowest BCUT2D eigenvalue weighted by Crippen LogP contribution is -2.35. The van der Waals surface area contributed by atoms with Crippen molar-refractivity contribution in [1.29, 1.82) is 0 Å². The molecule has 1 N–H and O–H groups in total. The lowest BCUT2D eigenvalue weighted by atomic mass is 10.1. The highest BCUT2D eigenvalue weighted by Crippen LogP contribution is 2.31. The van der Waals surface area contributed by atoms with E-state index in [2.05, 4.69) is 4.98 Å². The van der Waals surface area contributed by atoms with Crippen molar-refractivity contribution in [2.45, 2.75) is 45.1 Å². The van der Waals surface area contributed by atoms with E-state index in [0.717, 1.165) is 30.7 Å². The predicted molar refractivity (Wildman–Crippen MR) is 114 cm³/mol. The average Bonchev–Trinajstić information content (AvgIpc) is 3.39. The minimum atomic E-state index is -4.40. The molecule has 1 aliphatic rings. The number of carboxylic acid groups (broad SMARTS) is 1. The molecule has 1 atom stereocenters. The maximum Gasteiger partial charge on any atom is 0.416 e. The van der Waals surface area contributed by atoms with Gasteiger partial charge in [-0.3, -0.25) is 9.69 Å². The quantitative estimate of drug-likeness (QED) is 0.516. The van der Waals surface area contributed by atoms with Crippen LogP contribution in [0.15, 0.2) is 52.9 Å². The van der Waals surface area contributed by atoms with Crippen molar-refractivity contribution >= 4 is 5.97 Å². The van der Waals surface area contributed by atoms with Crippen LogP contribution in [0, 0.1) is 6.92 Å². The lowest BCUT2D eigenvalue weighted by molar-refractivity contribution is -0.142. The molecule has 4 rings (SSSR count). The largest absolute Gasteiger partial charge is 0.487 e. The third-order valence-electron chi connectivity index (χ3n) is 5.69. The summed E-state index contributed by atoms with van der Waals surface area (Å²) >= 11 is 0. The smallest absolute Gasteiger partial charge is 0.416 e. The van der Waals surface area contributed by atoms with E-state index in [9.17, 15) is 23.1 Å². The molecular formula is C24H23F3N2O4. The van der Waals surface area contributed by atoms with E-state index >= 15 is 0 Å². The van der Waals surface area contributed by atoms with E-state index in [4.69, 9.17) is 9.15 Å². The van der Waals surface area contributed by atoms with Gasteiger partial charge in [0.05, 0.1) is 5.56 Å². The highest BCUT2D eigenvalue weighted by atomic mass is 19.4. The fourth-order valence-corrected chi connectivity index (χ4v) is 3.86. The Morgan fingerprint density at radius 2 is 1.88 bits per heavy atom. The van der Waals surface area contributed by atoms with Gasteiger partial charge in [-0.25, -0.2) is 4.98 Å². The Bertz CT molecular complexity index is 1110. The Balaban J connectivity index is 1.37. The monoisotopic (exact) mass is 460 g/mol. The fourth-order valence-electron chi connectivity index (χ4n) is 3.86. The summed E-state index contributed by atoms with van der Waals surface area (Å²) in [6.07, 6.45) is -2.85. The molecule has 2 heterocycles. The molecule has 0 radical (unpaired) electrons. The van der Waals surface area contributed by atoms with E-state index < -0.39 is 23.8 Å². The van der Waals surface area contributed by atoms with Crippen LogP contribution in [0.3, 0.4) is 0 Å². The lowest BCUT2D eigenvalue weighted by Gasteiger charge is -2.21. The Kier molecular flexibility index (Phi) is 6.42.